The van der Waals surface area contributed by atoms with Crippen LogP contribution in [-0.4, -0.2) is 25.2 Å². The highest BCUT2D eigenvalue weighted by molar-refractivity contribution is 5.94. The van der Waals surface area contributed by atoms with Gasteiger partial charge in [0.1, 0.15) is 0 Å². The number of para-hydroxylation sites is 1. The maximum atomic E-state index is 12.7. The number of benzene rings is 1. The van der Waals surface area contributed by atoms with E-state index in [4.69, 9.17) is 10.5 Å². The number of fused-ring (bicyclic) bond motifs is 1. The van der Waals surface area contributed by atoms with E-state index >= 15 is 0 Å². The van der Waals surface area contributed by atoms with Crippen molar-refractivity contribution in [1.82, 2.24) is 0 Å². The molecule has 2 N–H and O–H groups in total. The third kappa shape index (κ3) is 3.27. The maximum absolute atomic E-state index is 12.7. The molecule has 3 rings (SSSR count). The lowest BCUT2D eigenvalue weighted by Crippen LogP contribution is -2.35. The molecule has 1 fully saturated rings. The number of hydrogen-bond donors (Lipinski definition) is 1. The smallest absolute Gasteiger partial charge is 0.229 e. The molecule has 2 aliphatic rings. The topological polar surface area (TPSA) is 55.6 Å². The summed E-state index contributed by atoms with van der Waals surface area (Å²) in [6.07, 6.45) is 5.75. The van der Waals surface area contributed by atoms with Gasteiger partial charge in [-0.3, -0.25) is 4.79 Å². The second kappa shape index (κ2) is 6.58. The Morgan fingerprint density at radius 2 is 2.10 bits per heavy atom. The van der Waals surface area contributed by atoms with E-state index in [-0.39, 0.29) is 18.1 Å². The first-order valence-corrected chi connectivity index (χ1v) is 8.02. The van der Waals surface area contributed by atoms with Crippen molar-refractivity contribution in [1.29, 1.82) is 0 Å². The molecule has 114 valence electrons. The normalized spacial score (nSPS) is 26.0. The minimum Gasteiger partial charge on any atom is -0.378 e. The van der Waals surface area contributed by atoms with Crippen LogP contribution in [0.25, 0.3) is 0 Å². The molecule has 1 aromatic rings. The number of nitrogens with zero attached hydrogens (tertiary/aromatic N) is 1. The Bertz CT molecular complexity index is 497. The molecule has 0 bridgehead atoms. The molecular formula is C17H24N2O2. The molecule has 1 aromatic carbocycles. The molecule has 21 heavy (non-hydrogen) atoms. The van der Waals surface area contributed by atoms with Crippen LogP contribution >= 0.6 is 0 Å². The van der Waals surface area contributed by atoms with Crippen molar-refractivity contribution in [2.24, 2.45) is 5.73 Å². The van der Waals surface area contributed by atoms with Gasteiger partial charge in [0.05, 0.1) is 12.5 Å². The number of carbonyl (C=O) groups is 1. The molecule has 1 saturated heterocycles. The molecule has 2 aliphatic heterocycles. The SMILES string of the molecule is NC1CCCN(C(=O)CC2CCCCO2)c2ccccc21. The first-order valence-electron chi connectivity index (χ1n) is 8.02. The van der Waals surface area contributed by atoms with Gasteiger partial charge in [0.15, 0.2) is 0 Å². The Morgan fingerprint density at radius 3 is 2.90 bits per heavy atom. The van der Waals surface area contributed by atoms with Gasteiger partial charge in [-0.05, 0) is 43.7 Å². The standard InChI is InChI=1S/C17H24N2O2/c18-15-8-5-10-19(16-9-2-1-7-14(15)16)17(20)12-13-6-3-4-11-21-13/h1-2,7,9,13,15H,3-6,8,10-12,18H2. The monoisotopic (exact) mass is 288 g/mol. The van der Waals surface area contributed by atoms with Crippen molar-refractivity contribution in [3.8, 4) is 0 Å². The number of nitrogens with two attached hydrogens (primary N) is 1. The average molecular weight is 288 g/mol. The molecule has 0 aromatic heterocycles. The van der Waals surface area contributed by atoms with Gasteiger partial charge < -0.3 is 15.4 Å². The van der Waals surface area contributed by atoms with Crippen LogP contribution in [0.15, 0.2) is 24.3 Å². The van der Waals surface area contributed by atoms with Crippen molar-refractivity contribution in [2.45, 2.75) is 50.7 Å². The lowest BCUT2D eigenvalue weighted by molar-refractivity contribution is -0.122. The van der Waals surface area contributed by atoms with Gasteiger partial charge >= 0.3 is 0 Å². The van der Waals surface area contributed by atoms with E-state index in [9.17, 15) is 4.79 Å². The van der Waals surface area contributed by atoms with Gasteiger partial charge in [0.2, 0.25) is 5.91 Å². The highest BCUT2D eigenvalue weighted by Crippen LogP contribution is 2.32. The third-order valence-electron chi connectivity index (χ3n) is 4.50. The van der Waals surface area contributed by atoms with Gasteiger partial charge in [0.25, 0.3) is 0 Å². The zero-order valence-corrected chi connectivity index (χ0v) is 12.5. The van der Waals surface area contributed by atoms with Crippen molar-refractivity contribution < 1.29 is 9.53 Å². The first-order chi connectivity index (χ1) is 10.3. The molecule has 0 spiro atoms. The number of rotatable bonds is 2. The van der Waals surface area contributed by atoms with E-state index < -0.39 is 0 Å². The van der Waals surface area contributed by atoms with Crippen LogP contribution in [0.5, 0.6) is 0 Å². The second-order valence-corrected chi connectivity index (χ2v) is 6.05. The molecular weight excluding hydrogens is 264 g/mol. The van der Waals surface area contributed by atoms with E-state index in [1.165, 1.54) is 6.42 Å². The highest BCUT2D eigenvalue weighted by atomic mass is 16.5. The van der Waals surface area contributed by atoms with Gasteiger partial charge in [-0.1, -0.05) is 18.2 Å². The molecule has 2 heterocycles. The molecule has 1 amide bonds. The van der Waals surface area contributed by atoms with Crippen molar-refractivity contribution in [2.75, 3.05) is 18.1 Å². The molecule has 0 aliphatic carbocycles. The summed E-state index contributed by atoms with van der Waals surface area (Å²) in [6.45, 7) is 1.55. The zero-order chi connectivity index (χ0) is 14.7. The Kier molecular flexibility index (Phi) is 4.56. The van der Waals surface area contributed by atoms with Gasteiger partial charge in [-0.2, -0.15) is 0 Å². The van der Waals surface area contributed by atoms with Gasteiger partial charge in [-0.25, -0.2) is 0 Å². The van der Waals surface area contributed by atoms with Crippen LogP contribution in [-0.2, 0) is 9.53 Å². The van der Waals surface area contributed by atoms with Crippen LogP contribution < -0.4 is 10.6 Å². The minimum absolute atomic E-state index is 0.0323. The first kappa shape index (κ1) is 14.5. The van der Waals surface area contributed by atoms with Crippen molar-refractivity contribution >= 4 is 11.6 Å². The third-order valence-corrected chi connectivity index (χ3v) is 4.50. The fraction of sp³-hybridized carbons (Fsp3) is 0.588. The molecule has 4 heteroatoms. The Labute approximate surface area is 126 Å². The van der Waals surface area contributed by atoms with Crippen LogP contribution in [0, 0.1) is 0 Å². The van der Waals surface area contributed by atoms with Crippen molar-refractivity contribution in [3.63, 3.8) is 0 Å². The van der Waals surface area contributed by atoms with E-state index in [0.29, 0.717) is 6.42 Å². The summed E-state index contributed by atoms with van der Waals surface area (Å²) in [4.78, 5) is 14.6. The number of ether oxygens (including phenoxy) is 1. The predicted molar refractivity (Wildman–Crippen MR) is 83.2 cm³/mol. The van der Waals surface area contributed by atoms with Crippen LogP contribution in [0.4, 0.5) is 5.69 Å². The summed E-state index contributed by atoms with van der Waals surface area (Å²) in [6, 6.07) is 8.07. The number of hydrogen-bond acceptors (Lipinski definition) is 3. The number of anilines is 1. The molecule has 2 atom stereocenters. The molecule has 2 unspecified atom stereocenters. The lowest BCUT2D eigenvalue weighted by Gasteiger charge is -2.27. The molecule has 0 saturated carbocycles. The quantitative estimate of drug-likeness (QED) is 0.910. The van der Waals surface area contributed by atoms with E-state index in [1.807, 2.05) is 29.2 Å². The van der Waals surface area contributed by atoms with Crippen LogP contribution in [0.2, 0.25) is 0 Å². The summed E-state index contributed by atoms with van der Waals surface area (Å²) < 4.78 is 5.71. The Hall–Kier alpha value is -1.39. The summed E-state index contributed by atoms with van der Waals surface area (Å²) >= 11 is 0. The lowest BCUT2D eigenvalue weighted by atomic mass is 10.0. The second-order valence-electron chi connectivity index (χ2n) is 6.05. The van der Waals surface area contributed by atoms with Gasteiger partial charge in [0, 0.05) is 24.9 Å². The van der Waals surface area contributed by atoms with Crippen molar-refractivity contribution in [3.05, 3.63) is 29.8 Å². The van der Waals surface area contributed by atoms with E-state index in [0.717, 1.165) is 50.1 Å². The largest absolute Gasteiger partial charge is 0.378 e. The summed E-state index contributed by atoms with van der Waals surface area (Å²) in [7, 11) is 0. The Morgan fingerprint density at radius 1 is 1.24 bits per heavy atom. The maximum Gasteiger partial charge on any atom is 0.229 e. The molecule has 0 radical (unpaired) electrons. The van der Waals surface area contributed by atoms with Gasteiger partial charge in [-0.15, -0.1) is 0 Å². The highest BCUT2D eigenvalue weighted by Gasteiger charge is 2.27. The number of carbonyl (C=O) groups excluding carboxylic acids is 1. The molecule has 4 nitrogen and oxygen atoms in total. The minimum atomic E-state index is 0.0323. The predicted octanol–water partition coefficient (Wildman–Crippen LogP) is 2.77. The average Bonchev–Trinajstić information content (AvgIpc) is 2.68. The summed E-state index contributed by atoms with van der Waals surface area (Å²) in [5.41, 5.74) is 8.31. The van der Waals surface area contributed by atoms with Crippen LogP contribution in [0.1, 0.15) is 50.1 Å². The van der Waals surface area contributed by atoms with E-state index in [2.05, 4.69) is 0 Å². The van der Waals surface area contributed by atoms with E-state index in [1.54, 1.807) is 0 Å². The number of amides is 1. The Balaban J connectivity index is 1.77. The van der Waals surface area contributed by atoms with Crippen LogP contribution in [0.3, 0.4) is 0 Å². The summed E-state index contributed by atoms with van der Waals surface area (Å²) in [5, 5.41) is 0. The fourth-order valence-electron chi connectivity index (χ4n) is 3.32. The fourth-order valence-corrected chi connectivity index (χ4v) is 3.32. The zero-order valence-electron chi connectivity index (χ0n) is 12.5. The summed E-state index contributed by atoms with van der Waals surface area (Å²) in [5.74, 6) is 0.170.